The zero-order valence-corrected chi connectivity index (χ0v) is 52.1. The first kappa shape index (κ1) is 80.6. The molecule has 8 atom stereocenters. The number of likely N-dealkylation sites (tertiary alicyclic amines) is 1. The van der Waals surface area contributed by atoms with Gasteiger partial charge in [0.2, 0.25) is 29.5 Å². The van der Waals surface area contributed by atoms with Crippen molar-refractivity contribution < 1.29 is 116 Å². The Labute approximate surface area is 522 Å². The summed E-state index contributed by atoms with van der Waals surface area (Å²) < 4.78 is 15.8. The lowest BCUT2D eigenvalue weighted by Gasteiger charge is -2.27. The highest BCUT2D eigenvalue weighted by Crippen LogP contribution is 2.23. The largest absolute Gasteiger partial charge is 0.481 e. The Kier molecular flexibility index (Phi) is 40.2. The summed E-state index contributed by atoms with van der Waals surface area (Å²) >= 11 is 0. The highest BCUT2D eigenvalue weighted by atomic mass is 16.5. The number of carboxylic acids is 5. The number of carboxylic acid groups (broad SMARTS) is 5. The second-order valence-electron chi connectivity index (χ2n) is 22.9. The summed E-state index contributed by atoms with van der Waals surface area (Å²) in [6, 6.07) is -6.38. The number of aliphatic carboxylic acids is 5. The quantitative estimate of drug-likeness (QED) is 0.0386. The van der Waals surface area contributed by atoms with Crippen molar-refractivity contribution in [2.75, 3.05) is 53.2 Å². The molecule has 1 aliphatic rings. The van der Waals surface area contributed by atoms with E-state index >= 15 is 0 Å². The van der Waals surface area contributed by atoms with Crippen LogP contribution >= 0.6 is 0 Å². The van der Waals surface area contributed by atoms with Crippen LogP contribution in [0.2, 0.25) is 0 Å². The van der Waals surface area contributed by atoms with Crippen LogP contribution in [0.25, 0.3) is 0 Å². The number of carbonyl (C=O) groups is 16. The average Bonchev–Trinajstić information content (AvgIpc) is 4.21. The molecule has 90 heavy (non-hydrogen) atoms. The number of ketones is 6. The molecule has 0 aliphatic carbocycles. The summed E-state index contributed by atoms with van der Waals surface area (Å²) in [5, 5.41) is 57.8. The molecule has 1 aliphatic heterocycles. The van der Waals surface area contributed by atoms with Crippen LogP contribution in [-0.2, 0) is 90.9 Å². The zero-order chi connectivity index (χ0) is 67.9. The van der Waals surface area contributed by atoms with Gasteiger partial charge < -0.3 is 76.4 Å². The number of hydrogen-bond acceptors (Lipinski definition) is 20. The third-order valence-electron chi connectivity index (χ3n) is 14.9. The summed E-state index contributed by atoms with van der Waals surface area (Å²) in [6.07, 6.45) is -6.81. The van der Waals surface area contributed by atoms with Gasteiger partial charge >= 0.3 is 29.8 Å². The minimum Gasteiger partial charge on any atom is -0.481 e. The molecule has 1 fully saturated rings. The molecule has 1 heterocycles. The fraction of sp³-hybridized carbons (Fsp3) is 0.733. The van der Waals surface area contributed by atoms with Gasteiger partial charge in [-0.15, -0.1) is 0 Å². The topological polar surface area (TPSA) is 479 Å². The van der Waals surface area contributed by atoms with Crippen LogP contribution in [0.5, 0.6) is 0 Å². The number of nitrogens with zero attached hydrogens (tertiary/aromatic N) is 1. The van der Waals surface area contributed by atoms with Crippen molar-refractivity contribution in [3.8, 4) is 0 Å². The van der Waals surface area contributed by atoms with Crippen LogP contribution in [0.15, 0.2) is 0 Å². The maximum atomic E-state index is 14.2. The second kappa shape index (κ2) is 44.9. The van der Waals surface area contributed by atoms with Gasteiger partial charge in [0.15, 0.2) is 23.1 Å². The number of amides is 5. The molecule has 508 valence electrons. The predicted octanol–water partition coefficient (Wildman–Crippen LogP) is 1.50. The summed E-state index contributed by atoms with van der Waals surface area (Å²) in [5.74, 6) is -19.1. The van der Waals surface area contributed by atoms with Gasteiger partial charge in [0, 0.05) is 115 Å². The van der Waals surface area contributed by atoms with Gasteiger partial charge in [-0.3, -0.25) is 71.9 Å². The van der Waals surface area contributed by atoms with Crippen LogP contribution in [0.4, 0.5) is 0 Å². The Hall–Kier alpha value is -7.44. The molecule has 30 nitrogen and oxygen atoms in total. The molecule has 0 spiro atoms. The van der Waals surface area contributed by atoms with Gasteiger partial charge in [0.1, 0.15) is 24.2 Å². The normalized spacial score (nSPS) is 15.2. The molecule has 5 amide bonds. The van der Waals surface area contributed by atoms with Crippen LogP contribution in [0.1, 0.15) is 175 Å². The van der Waals surface area contributed by atoms with E-state index in [0.717, 1.165) is 0 Å². The highest BCUT2D eigenvalue weighted by molar-refractivity contribution is 5.98. The first-order valence-electron chi connectivity index (χ1n) is 30.6. The summed E-state index contributed by atoms with van der Waals surface area (Å²) in [5.41, 5.74) is 5.70. The smallest absolute Gasteiger partial charge is 0.303 e. The number of rotatable bonds is 54. The first-order chi connectivity index (χ1) is 42.5. The van der Waals surface area contributed by atoms with Gasteiger partial charge in [-0.1, -0.05) is 13.8 Å². The molecule has 30 heteroatoms. The van der Waals surface area contributed by atoms with E-state index in [4.69, 9.17) is 19.9 Å². The second-order valence-corrected chi connectivity index (χ2v) is 22.9. The van der Waals surface area contributed by atoms with Crippen molar-refractivity contribution in [3.05, 3.63) is 0 Å². The number of methoxy groups -OCH3 is 1. The van der Waals surface area contributed by atoms with E-state index in [1.54, 1.807) is 0 Å². The fourth-order valence-corrected chi connectivity index (χ4v) is 9.87. The Morgan fingerprint density at radius 2 is 0.956 bits per heavy atom. The number of nitrogens with one attached hydrogen (secondary N) is 4. The molecule has 0 aromatic carbocycles. The van der Waals surface area contributed by atoms with Gasteiger partial charge in [-0.2, -0.15) is 0 Å². The van der Waals surface area contributed by atoms with Crippen molar-refractivity contribution in [3.63, 3.8) is 0 Å². The fourth-order valence-electron chi connectivity index (χ4n) is 9.87. The molecule has 0 aromatic heterocycles. The van der Waals surface area contributed by atoms with Crippen LogP contribution in [0.3, 0.4) is 0 Å². The molecule has 1 rings (SSSR count). The third kappa shape index (κ3) is 35.1. The lowest BCUT2D eigenvalue weighted by molar-refractivity contribution is -0.142. The molecule has 0 unspecified atom stereocenters. The molecule has 1 saturated heterocycles. The van der Waals surface area contributed by atoms with Crippen molar-refractivity contribution in [1.29, 1.82) is 0 Å². The van der Waals surface area contributed by atoms with E-state index < -0.39 is 214 Å². The number of carbonyl (C=O) groups excluding carboxylic acids is 11. The Balaban J connectivity index is 3.34. The lowest BCUT2D eigenvalue weighted by atomic mass is 9.89. The third-order valence-corrected chi connectivity index (χ3v) is 14.9. The van der Waals surface area contributed by atoms with E-state index in [9.17, 15) is 102 Å². The van der Waals surface area contributed by atoms with Crippen molar-refractivity contribution >= 4 is 94.1 Å². The first-order valence-corrected chi connectivity index (χ1v) is 30.6. The Morgan fingerprint density at radius 3 is 1.41 bits per heavy atom. The summed E-state index contributed by atoms with van der Waals surface area (Å²) in [6.45, 7) is 5.35. The summed E-state index contributed by atoms with van der Waals surface area (Å²) in [4.78, 5) is 208. The standard InChI is InChI=1S/C60H94N6O24/c1-36(2)31-45(48(70)18-12-37(3)67)65-60(87)46-10-7-26-66(46)51(73)35-90-27-8-11-47(69)42(9-5-6-25-61)62-58(85)39(14-20-53(76)77)33-50(72)44(17-23-56(82)83)64-59(86)40(15-21-54(78)79)34-49(71)43(16-22-55(80)81)63-57(84)38(13-19-52(74)75)32-41(68)24-28-89-30-29-88-4/h36,38-40,42-46H,5-35,61H2,1-4H3,(H,62,85)(H,63,84)(H,64,86)(H,65,87)(H,74,75)(H,76,77)(H,78,79)(H,80,81)(H,82,83)/t38-,39-,40-,42+,43+,44+,45-,46-/m0/s1. The highest BCUT2D eigenvalue weighted by Gasteiger charge is 2.38. The van der Waals surface area contributed by atoms with Crippen molar-refractivity contribution in [1.82, 2.24) is 26.2 Å². The van der Waals surface area contributed by atoms with E-state index in [0.29, 0.717) is 32.1 Å². The minimum atomic E-state index is -1.76. The van der Waals surface area contributed by atoms with Crippen LogP contribution < -0.4 is 27.0 Å². The summed E-state index contributed by atoms with van der Waals surface area (Å²) in [7, 11) is 1.44. The molecule has 0 saturated carbocycles. The number of unbranched alkanes of at least 4 members (excludes halogenated alkanes) is 1. The molecular weight excluding hydrogens is 1190 g/mol. The van der Waals surface area contributed by atoms with Gasteiger partial charge in [0.05, 0.1) is 44.0 Å². The van der Waals surface area contributed by atoms with Crippen molar-refractivity contribution in [2.24, 2.45) is 29.4 Å². The number of ether oxygens (including phenoxy) is 3. The van der Waals surface area contributed by atoms with Crippen LogP contribution in [0, 0.1) is 23.7 Å². The zero-order valence-electron chi connectivity index (χ0n) is 52.1. The maximum Gasteiger partial charge on any atom is 0.303 e. The SMILES string of the molecule is COCCOCCC(=O)C[C@H](CCC(=O)O)C(=O)N[C@H](CCC(=O)O)C(=O)C[C@H](CCC(=O)O)C(=O)N[C@H](CCC(=O)O)C(=O)C[C@H](CCC(=O)O)C(=O)N[C@H](CCCCN)C(=O)CCCOCC(=O)N1CCC[C@H]1C(=O)N[C@@H](CC(C)C)C(=O)CCC(C)=O. The van der Waals surface area contributed by atoms with E-state index in [1.165, 1.54) is 18.9 Å². The number of hydrogen-bond donors (Lipinski definition) is 10. The number of nitrogens with two attached hydrogens (primary N) is 1. The molecule has 0 radical (unpaired) electrons. The number of Topliss-reactive ketones (excluding diaryl/α,β-unsaturated/α-hetero) is 6. The van der Waals surface area contributed by atoms with Crippen molar-refractivity contribution in [2.45, 2.75) is 205 Å². The van der Waals surface area contributed by atoms with Gasteiger partial charge in [-0.25, -0.2) is 0 Å². The maximum absolute atomic E-state index is 14.2. The van der Waals surface area contributed by atoms with E-state index in [1.807, 2.05) is 13.8 Å². The Bertz CT molecular complexity index is 2450. The molecule has 0 bridgehead atoms. The van der Waals surface area contributed by atoms with Gasteiger partial charge in [0.25, 0.3) is 0 Å². The predicted molar refractivity (Wildman–Crippen MR) is 316 cm³/mol. The molecule has 11 N–H and O–H groups in total. The lowest BCUT2D eigenvalue weighted by Crippen LogP contribution is -2.51. The van der Waals surface area contributed by atoms with Gasteiger partial charge in [-0.05, 0) is 96.4 Å². The average molecular weight is 1280 g/mol. The van der Waals surface area contributed by atoms with E-state index in [2.05, 4.69) is 21.3 Å². The Morgan fingerprint density at radius 1 is 0.489 bits per heavy atom. The van der Waals surface area contributed by atoms with E-state index in [-0.39, 0.29) is 102 Å². The van der Waals surface area contributed by atoms with Crippen LogP contribution in [-0.4, -0.2) is 208 Å². The molecule has 0 aromatic rings. The monoisotopic (exact) mass is 1280 g/mol. The molecular formula is C60H94N6O24. The minimum absolute atomic E-state index is 0.0344.